The van der Waals surface area contributed by atoms with Gasteiger partial charge in [0.25, 0.3) is 5.91 Å². The van der Waals surface area contributed by atoms with E-state index in [-0.39, 0.29) is 11.0 Å². The number of benzene rings is 2. The molecule has 0 saturated carbocycles. The summed E-state index contributed by atoms with van der Waals surface area (Å²) >= 11 is 5.23. The minimum absolute atomic E-state index is 0.261. The summed E-state index contributed by atoms with van der Waals surface area (Å²) in [6, 6.07) is 14.9. The van der Waals surface area contributed by atoms with Crippen molar-refractivity contribution in [2.75, 3.05) is 25.5 Å². The molecule has 0 heterocycles. The Bertz CT molecular complexity index is 726. The van der Waals surface area contributed by atoms with Crippen LogP contribution >= 0.6 is 12.2 Å². The van der Waals surface area contributed by atoms with Gasteiger partial charge < -0.3 is 10.1 Å². The van der Waals surface area contributed by atoms with Crippen LogP contribution in [0, 0.1) is 0 Å². The van der Waals surface area contributed by atoms with Gasteiger partial charge in [-0.2, -0.15) is 0 Å². The van der Waals surface area contributed by atoms with Crippen LogP contribution in [0.2, 0.25) is 0 Å². The summed E-state index contributed by atoms with van der Waals surface area (Å²) in [5.41, 5.74) is 2.60. The van der Waals surface area contributed by atoms with Gasteiger partial charge >= 0.3 is 0 Å². The number of anilines is 1. The predicted octanol–water partition coefficient (Wildman–Crippen LogP) is 3.66. The number of amides is 1. The third-order valence-corrected chi connectivity index (χ3v) is 4.30. The van der Waals surface area contributed by atoms with Crippen molar-refractivity contribution in [1.29, 1.82) is 0 Å². The molecule has 138 valence electrons. The van der Waals surface area contributed by atoms with Crippen molar-refractivity contribution in [2.45, 2.75) is 20.4 Å². The molecule has 6 heteroatoms. The molecule has 0 radical (unpaired) electrons. The van der Waals surface area contributed by atoms with Crippen molar-refractivity contribution >= 4 is 28.9 Å². The molecule has 2 aromatic rings. The first-order valence-corrected chi connectivity index (χ1v) is 9.04. The van der Waals surface area contributed by atoms with Gasteiger partial charge in [0.15, 0.2) is 5.11 Å². The predicted molar refractivity (Wildman–Crippen MR) is 110 cm³/mol. The monoisotopic (exact) mass is 371 g/mol. The Kier molecular flexibility index (Phi) is 7.56. The number of nitrogens with one attached hydrogen (secondary N) is 2. The number of methoxy groups -OCH3 is 1. The maximum atomic E-state index is 12.2. The highest BCUT2D eigenvalue weighted by Gasteiger charge is 2.08. The van der Waals surface area contributed by atoms with Gasteiger partial charge in [-0.1, -0.05) is 26.0 Å². The average molecular weight is 372 g/mol. The molecule has 2 rings (SSSR count). The third-order valence-electron chi connectivity index (χ3n) is 4.09. The number of rotatable bonds is 7. The summed E-state index contributed by atoms with van der Waals surface area (Å²) < 4.78 is 5.08. The second kappa shape index (κ2) is 9.89. The van der Waals surface area contributed by atoms with E-state index in [1.165, 1.54) is 5.56 Å². The van der Waals surface area contributed by atoms with Gasteiger partial charge in [0.05, 0.1) is 7.11 Å². The van der Waals surface area contributed by atoms with Crippen LogP contribution in [0.4, 0.5) is 5.69 Å². The van der Waals surface area contributed by atoms with Gasteiger partial charge in [0.2, 0.25) is 0 Å². The summed E-state index contributed by atoms with van der Waals surface area (Å²) in [6.45, 7) is 7.29. The van der Waals surface area contributed by atoms with Crippen molar-refractivity contribution in [3.63, 3.8) is 0 Å². The first kappa shape index (κ1) is 19.9. The molecule has 0 bridgehead atoms. The lowest BCUT2D eigenvalue weighted by atomic mass is 10.2. The van der Waals surface area contributed by atoms with E-state index in [4.69, 9.17) is 17.0 Å². The average Bonchev–Trinajstić information content (AvgIpc) is 2.67. The van der Waals surface area contributed by atoms with Gasteiger partial charge in [-0.3, -0.25) is 15.0 Å². The standard InChI is InChI=1S/C20H25N3O2S/c1-4-23(5-2)14-15-6-10-17(11-7-15)21-20(26)22-19(24)16-8-12-18(25-3)13-9-16/h6-13H,4-5,14H2,1-3H3,(H2,21,22,24,26). The van der Waals surface area contributed by atoms with Crippen molar-refractivity contribution in [3.8, 4) is 5.75 Å². The highest BCUT2D eigenvalue weighted by Crippen LogP contribution is 2.13. The molecule has 1 amide bonds. The number of hydrogen-bond donors (Lipinski definition) is 2. The van der Waals surface area contributed by atoms with E-state index in [2.05, 4.69) is 41.5 Å². The molecule has 2 N–H and O–H groups in total. The van der Waals surface area contributed by atoms with Gasteiger partial charge in [-0.15, -0.1) is 0 Å². The Hall–Kier alpha value is -2.44. The fourth-order valence-corrected chi connectivity index (χ4v) is 2.69. The minimum atomic E-state index is -0.261. The minimum Gasteiger partial charge on any atom is -0.497 e. The lowest BCUT2D eigenvalue weighted by molar-refractivity contribution is 0.0977. The van der Waals surface area contributed by atoms with Crippen LogP contribution in [-0.2, 0) is 6.54 Å². The van der Waals surface area contributed by atoms with Crippen molar-refractivity contribution in [1.82, 2.24) is 10.2 Å². The smallest absolute Gasteiger partial charge is 0.257 e. The van der Waals surface area contributed by atoms with Crippen LogP contribution in [0.5, 0.6) is 5.75 Å². The zero-order valence-corrected chi connectivity index (χ0v) is 16.2. The van der Waals surface area contributed by atoms with Gasteiger partial charge in [0, 0.05) is 17.8 Å². The van der Waals surface area contributed by atoms with Crippen molar-refractivity contribution in [2.24, 2.45) is 0 Å². The largest absolute Gasteiger partial charge is 0.497 e. The van der Waals surface area contributed by atoms with Crippen LogP contribution < -0.4 is 15.4 Å². The number of carbonyl (C=O) groups is 1. The Morgan fingerprint density at radius 3 is 2.19 bits per heavy atom. The molecule has 0 aromatic heterocycles. The molecule has 0 aliphatic carbocycles. The maximum absolute atomic E-state index is 12.2. The van der Waals surface area contributed by atoms with Crippen LogP contribution in [0.3, 0.4) is 0 Å². The SMILES string of the molecule is CCN(CC)Cc1ccc(NC(=S)NC(=O)c2ccc(OC)cc2)cc1. The zero-order valence-electron chi connectivity index (χ0n) is 15.4. The Labute approximate surface area is 160 Å². The quantitative estimate of drug-likeness (QED) is 0.728. The molecule has 5 nitrogen and oxygen atoms in total. The molecule has 2 aromatic carbocycles. The number of ether oxygens (including phenoxy) is 1. The van der Waals surface area contributed by atoms with E-state index in [0.29, 0.717) is 11.3 Å². The van der Waals surface area contributed by atoms with Gasteiger partial charge in [0.1, 0.15) is 5.75 Å². The Morgan fingerprint density at radius 2 is 1.65 bits per heavy atom. The molecule has 0 fully saturated rings. The number of carbonyl (C=O) groups excluding carboxylic acids is 1. The highest BCUT2D eigenvalue weighted by molar-refractivity contribution is 7.80. The summed E-state index contributed by atoms with van der Waals surface area (Å²) in [6.07, 6.45) is 0. The normalized spacial score (nSPS) is 10.5. The van der Waals surface area contributed by atoms with E-state index < -0.39 is 0 Å². The topological polar surface area (TPSA) is 53.6 Å². The number of nitrogens with zero attached hydrogens (tertiary/aromatic N) is 1. The maximum Gasteiger partial charge on any atom is 0.257 e. The second-order valence-electron chi connectivity index (χ2n) is 5.80. The second-order valence-corrected chi connectivity index (χ2v) is 6.20. The molecule has 0 unspecified atom stereocenters. The third kappa shape index (κ3) is 5.82. The Balaban J connectivity index is 1.89. The van der Waals surface area contributed by atoms with Crippen LogP contribution in [-0.4, -0.2) is 36.1 Å². The molecular formula is C20H25N3O2S. The van der Waals surface area contributed by atoms with E-state index in [1.54, 1.807) is 31.4 Å². The molecule has 0 saturated heterocycles. The van der Waals surface area contributed by atoms with Gasteiger partial charge in [-0.05, 0) is 67.3 Å². The Morgan fingerprint density at radius 1 is 1.04 bits per heavy atom. The first-order valence-electron chi connectivity index (χ1n) is 8.63. The van der Waals surface area contributed by atoms with E-state index >= 15 is 0 Å². The first-order chi connectivity index (χ1) is 12.5. The van der Waals surface area contributed by atoms with Crippen molar-refractivity contribution in [3.05, 3.63) is 59.7 Å². The summed E-state index contributed by atoms with van der Waals surface area (Å²) in [7, 11) is 1.58. The van der Waals surface area contributed by atoms with Crippen LogP contribution in [0.15, 0.2) is 48.5 Å². The van der Waals surface area contributed by atoms with Gasteiger partial charge in [-0.25, -0.2) is 0 Å². The molecular weight excluding hydrogens is 346 g/mol. The van der Waals surface area contributed by atoms with E-state index in [1.807, 2.05) is 12.1 Å². The summed E-state index contributed by atoms with van der Waals surface area (Å²) in [5, 5.41) is 5.98. The number of thiocarbonyl (C=S) groups is 1. The lowest BCUT2D eigenvalue weighted by Crippen LogP contribution is -2.34. The van der Waals surface area contributed by atoms with E-state index in [9.17, 15) is 4.79 Å². The van der Waals surface area contributed by atoms with Crippen LogP contribution in [0.1, 0.15) is 29.8 Å². The lowest BCUT2D eigenvalue weighted by Gasteiger charge is -2.18. The summed E-state index contributed by atoms with van der Waals surface area (Å²) in [5.74, 6) is 0.440. The molecule has 0 atom stereocenters. The highest BCUT2D eigenvalue weighted by atomic mass is 32.1. The molecule has 0 aliphatic rings. The van der Waals surface area contributed by atoms with E-state index in [0.717, 1.165) is 25.3 Å². The number of hydrogen-bond acceptors (Lipinski definition) is 4. The zero-order chi connectivity index (χ0) is 18.9. The molecule has 0 spiro atoms. The molecule has 0 aliphatic heterocycles. The summed E-state index contributed by atoms with van der Waals surface area (Å²) in [4.78, 5) is 14.6. The molecule has 26 heavy (non-hydrogen) atoms. The fourth-order valence-electron chi connectivity index (χ4n) is 2.48. The van der Waals surface area contributed by atoms with Crippen molar-refractivity contribution < 1.29 is 9.53 Å². The fraction of sp³-hybridized carbons (Fsp3) is 0.300. The van der Waals surface area contributed by atoms with Crippen LogP contribution in [0.25, 0.3) is 0 Å².